The summed E-state index contributed by atoms with van der Waals surface area (Å²) >= 11 is 0. The van der Waals surface area contributed by atoms with E-state index in [4.69, 9.17) is 0 Å². The van der Waals surface area contributed by atoms with Gasteiger partial charge in [-0.15, -0.1) is 0 Å². The molecule has 0 aliphatic carbocycles. The molecule has 0 aliphatic heterocycles. The van der Waals surface area contributed by atoms with Gasteiger partial charge in [0.25, 0.3) is 0 Å². The van der Waals surface area contributed by atoms with Gasteiger partial charge in [-0.3, -0.25) is 0 Å². The van der Waals surface area contributed by atoms with Gasteiger partial charge in [0.2, 0.25) is 0 Å². The van der Waals surface area contributed by atoms with Crippen LogP contribution in [-0.2, 0) is 13.1 Å². The predicted octanol–water partition coefficient (Wildman–Crippen LogP) is 1.95. The van der Waals surface area contributed by atoms with Gasteiger partial charge in [-0.2, -0.15) is 0 Å². The van der Waals surface area contributed by atoms with E-state index in [1.807, 2.05) is 32.3 Å². The molecule has 22 heavy (non-hydrogen) atoms. The monoisotopic (exact) mass is 307 g/mol. The number of benzene rings is 1. The number of urea groups is 1. The highest BCUT2D eigenvalue weighted by molar-refractivity contribution is 5.74. The first-order chi connectivity index (χ1) is 10.4. The lowest BCUT2D eigenvalue weighted by atomic mass is 10.0. The van der Waals surface area contributed by atoms with Crippen LogP contribution in [0.2, 0.25) is 0 Å². The smallest absolute Gasteiger partial charge is 0.315 e. The molecular weight excluding hydrogens is 278 g/mol. The number of hydrogen-bond acceptors (Lipinski definition) is 3. The molecule has 0 heterocycles. The summed E-state index contributed by atoms with van der Waals surface area (Å²) in [7, 11) is 4.04. The number of nitrogens with zero attached hydrogens (tertiary/aromatic N) is 1. The highest BCUT2D eigenvalue weighted by atomic mass is 16.3. The Morgan fingerprint density at radius 1 is 1.23 bits per heavy atom. The Labute approximate surface area is 133 Å². The quantitative estimate of drug-likeness (QED) is 0.688. The summed E-state index contributed by atoms with van der Waals surface area (Å²) in [5.41, 5.74) is 2.31. The van der Waals surface area contributed by atoms with Crippen molar-refractivity contribution in [2.24, 2.45) is 5.92 Å². The Morgan fingerprint density at radius 2 is 1.86 bits per heavy atom. The number of rotatable bonds is 8. The topological polar surface area (TPSA) is 64.6 Å². The fourth-order valence-corrected chi connectivity index (χ4v) is 2.38. The molecule has 5 heteroatoms. The number of hydrogen-bond donors (Lipinski definition) is 3. The molecule has 3 N–H and O–H groups in total. The average molecular weight is 307 g/mol. The van der Waals surface area contributed by atoms with E-state index in [0.717, 1.165) is 18.5 Å². The summed E-state index contributed by atoms with van der Waals surface area (Å²) in [6.07, 6.45) is 0.765. The third-order valence-corrected chi connectivity index (χ3v) is 3.36. The summed E-state index contributed by atoms with van der Waals surface area (Å²) < 4.78 is 0. The molecular formula is C17H29N3O2. The lowest BCUT2D eigenvalue weighted by Gasteiger charge is -2.19. The maximum Gasteiger partial charge on any atom is 0.315 e. The van der Waals surface area contributed by atoms with E-state index in [9.17, 15) is 9.90 Å². The van der Waals surface area contributed by atoms with Crippen molar-refractivity contribution in [2.75, 3.05) is 20.7 Å². The van der Waals surface area contributed by atoms with Crippen molar-refractivity contribution in [3.05, 3.63) is 35.4 Å². The number of carbonyl (C=O) groups is 1. The predicted molar refractivity (Wildman–Crippen MR) is 89.5 cm³/mol. The van der Waals surface area contributed by atoms with Crippen LogP contribution in [0.3, 0.4) is 0 Å². The van der Waals surface area contributed by atoms with Gasteiger partial charge in [-0.1, -0.05) is 38.1 Å². The van der Waals surface area contributed by atoms with Gasteiger partial charge in [0.15, 0.2) is 0 Å². The van der Waals surface area contributed by atoms with Crippen LogP contribution in [0.4, 0.5) is 4.79 Å². The number of carbonyl (C=O) groups excluding carboxylic acids is 1. The maximum absolute atomic E-state index is 12.0. The third-order valence-electron chi connectivity index (χ3n) is 3.36. The molecule has 0 spiro atoms. The summed E-state index contributed by atoms with van der Waals surface area (Å²) in [6, 6.07) is 7.65. The Hall–Kier alpha value is -1.59. The Bertz CT molecular complexity index is 461. The van der Waals surface area contributed by atoms with Gasteiger partial charge in [0.05, 0.1) is 12.6 Å². The summed E-state index contributed by atoms with van der Waals surface area (Å²) in [5.74, 6) is 0.429. The van der Waals surface area contributed by atoms with Crippen LogP contribution in [-0.4, -0.2) is 42.8 Å². The molecule has 1 aromatic carbocycles. The Morgan fingerprint density at radius 3 is 2.41 bits per heavy atom. The summed E-state index contributed by atoms with van der Waals surface area (Å²) in [6.45, 7) is 5.42. The first-order valence-corrected chi connectivity index (χ1v) is 7.79. The third kappa shape index (κ3) is 6.91. The molecule has 0 radical (unpaired) electrons. The van der Waals surface area contributed by atoms with E-state index in [1.54, 1.807) is 0 Å². The molecule has 0 fully saturated rings. The van der Waals surface area contributed by atoms with Gasteiger partial charge in [0.1, 0.15) is 0 Å². The average Bonchev–Trinajstić information content (AvgIpc) is 2.44. The molecule has 0 aromatic heterocycles. The van der Waals surface area contributed by atoms with Crippen LogP contribution in [0, 0.1) is 5.92 Å². The van der Waals surface area contributed by atoms with Gasteiger partial charge < -0.3 is 20.6 Å². The highest BCUT2D eigenvalue weighted by Crippen LogP contribution is 2.10. The molecule has 1 aromatic rings. The first kappa shape index (κ1) is 18.5. The van der Waals surface area contributed by atoms with E-state index in [1.165, 1.54) is 5.56 Å². The second kappa shape index (κ2) is 9.43. The minimum absolute atomic E-state index is 0.0389. The maximum atomic E-state index is 12.0. The van der Waals surface area contributed by atoms with E-state index >= 15 is 0 Å². The molecule has 5 nitrogen and oxygen atoms in total. The zero-order chi connectivity index (χ0) is 16.5. The van der Waals surface area contributed by atoms with Crippen molar-refractivity contribution in [3.63, 3.8) is 0 Å². The largest absolute Gasteiger partial charge is 0.394 e. The van der Waals surface area contributed by atoms with Crippen molar-refractivity contribution >= 4 is 6.03 Å². The van der Waals surface area contributed by atoms with Crippen molar-refractivity contribution in [1.29, 1.82) is 0 Å². The van der Waals surface area contributed by atoms with Crippen molar-refractivity contribution in [3.8, 4) is 0 Å². The molecule has 1 unspecified atom stereocenters. The van der Waals surface area contributed by atoms with Crippen LogP contribution in [0.1, 0.15) is 31.4 Å². The van der Waals surface area contributed by atoms with E-state index < -0.39 is 0 Å². The van der Waals surface area contributed by atoms with Crippen LogP contribution < -0.4 is 10.6 Å². The zero-order valence-corrected chi connectivity index (χ0v) is 14.1. The normalized spacial score (nSPS) is 12.5. The first-order valence-electron chi connectivity index (χ1n) is 7.79. The molecule has 1 atom stereocenters. The summed E-state index contributed by atoms with van der Waals surface area (Å²) in [4.78, 5) is 14.1. The zero-order valence-electron chi connectivity index (χ0n) is 14.1. The van der Waals surface area contributed by atoms with Gasteiger partial charge in [-0.05, 0) is 37.6 Å². The number of amides is 2. The van der Waals surface area contributed by atoms with Crippen LogP contribution in [0.15, 0.2) is 24.3 Å². The van der Waals surface area contributed by atoms with Gasteiger partial charge in [0, 0.05) is 13.1 Å². The summed E-state index contributed by atoms with van der Waals surface area (Å²) in [5, 5.41) is 15.0. The van der Waals surface area contributed by atoms with E-state index in [0.29, 0.717) is 12.5 Å². The van der Waals surface area contributed by atoms with Gasteiger partial charge >= 0.3 is 6.03 Å². The Kier molecular flexibility index (Phi) is 7.91. The van der Waals surface area contributed by atoms with E-state index in [-0.39, 0.29) is 18.7 Å². The number of nitrogens with one attached hydrogen (secondary N) is 2. The van der Waals surface area contributed by atoms with Crippen LogP contribution in [0.25, 0.3) is 0 Å². The minimum Gasteiger partial charge on any atom is -0.394 e. The molecule has 0 saturated heterocycles. The fraction of sp³-hybridized carbons (Fsp3) is 0.588. The number of aliphatic hydroxyl groups is 1. The SMILES string of the molecule is CC(C)CC(CO)NC(=O)NCc1ccccc1CN(C)C. The molecule has 0 aliphatic rings. The molecule has 124 valence electrons. The molecule has 1 rings (SSSR count). The second-order valence-electron chi connectivity index (χ2n) is 6.34. The second-order valence-corrected chi connectivity index (χ2v) is 6.34. The van der Waals surface area contributed by atoms with Crippen molar-refractivity contribution < 1.29 is 9.90 Å². The Balaban J connectivity index is 2.53. The molecule has 0 saturated carbocycles. The van der Waals surface area contributed by atoms with Crippen molar-refractivity contribution in [2.45, 2.75) is 39.4 Å². The lowest BCUT2D eigenvalue weighted by Crippen LogP contribution is -2.44. The van der Waals surface area contributed by atoms with E-state index in [2.05, 4.69) is 35.4 Å². The minimum atomic E-state index is -0.237. The fourth-order valence-electron chi connectivity index (χ4n) is 2.38. The van der Waals surface area contributed by atoms with Crippen LogP contribution >= 0.6 is 0 Å². The lowest BCUT2D eigenvalue weighted by molar-refractivity contribution is 0.206. The van der Waals surface area contributed by atoms with Gasteiger partial charge in [-0.25, -0.2) is 4.79 Å². The molecule has 0 bridgehead atoms. The van der Waals surface area contributed by atoms with Crippen molar-refractivity contribution in [1.82, 2.24) is 15.5 Å². The molecule has 2 amide bonds. The number of aliphatic hydroxyl groups excluding tert-OH is 1. The van der Waals surface area contributed by atoms with Crippen LogP contribution in [0.5, 0.6) is 0 Å². The standard InChI is InChI=1S/C17H29N3O2/c1-13(2)9-16(12-21)19-17(22)18-10-14-7-5-6-8-15(14)11-20(3)4/h5-8,13,16,21H,9-12H2,1-4H3,(H2,18,19,22). The highest BCUT2D eigenvalue weighted by Gasteiger charge is 2.13.